The van der Waals surface area contributed by atoms with E-state index in [1.807, 2.05) is 10.6 Å². The molecule has 6 nitrogen and oxygen atoms in total. The van der Waals surface area contributed by atoms with E-state index in [1.165, 1.54) is 16.6 Å². The molecular formula is C24H27ClN2O4S. The van der Waals surface area contributed by atoms with Gasteiger partial charge in [-0.1, -0.05) is 13.8 Å². The van der Waals surface area contributed by atoms with E-state index in [0.717, 1.165) is 36.1 Å². The normalized spacial score (nSPS) is 19.3. The van der Waals surface area contributed by atoms with Gasteiger partial charge in [0.05, 0.1) is 18.0 Å². The number of halogens is 1. The number of hydrogen-bond donors (Lipinski definition) is 2. The summed E-state index contributed by atoms with van der Waals surface area (Å²) in [7, 11) is 1.61. The van der Waals surface area contributed by atoms with Crippen LogP contribution < -0.4 is 15.9 Å². The number of carboxylic acids is 1. The second-order valence-corrected chi connectivity index (χ2v) is 10.4. The summed E-state index contributed by atoms with van der Waals surface area (Å²) in [6.45, 7) is 4.51. The Balaban J connectivity index is 0.00000245. The number of fused-ring (bicyclic) bond motifs is 2. The SMILES string of the molecule is COc1c(-c2cc3c(s2)C(N)CCC3(C)C)ccc2c(=O)c(C(=O)O)cn(C3CC3)c12.Cl. The fourth-order valence-corrected chi connectivity index (χ4v) is 6.13. The van der Waals surface area contributed by atoms with Gasteiger partial charge in [0.15, 0.2) is 5.75 Å². The fourth-order valence-electron chi connectivity index (χ4n) is 4.74. The first kappa shape index (κ1) is 22.8. The van der Waals surface area contributed by atoms with Crippen molar-refractivity contribution in [2.45, 2.75) is 57.0 Å². The molecule has 2 aliphatic carbocycles. The minimum atomic E-state index is -1.20. The maximum Gasteiger partial charge on any atom is 0.341 e. The topological polar surface area (TPSA) is 94.6 Å². The molecule has 0 bridgehead atoms. The molecule has 1 atom stereocenters. The summed E-state index contributed by atoms with van der Waals surface area (Å²) in [6.07, 6.45) is 5.41. The van der Waals surface area contributed by atoms with Crippen LogP contribution in [0.3, 0.4) is 0 Å². The highest BCUT2D eigenvalue weighted by molar-refractivity contribution is 7.15. The van der Waals surface area contributed by atoms with Gasteiger partial charge in [0, 0.05) is 33.6 Å². The molecule has 1 saturated carbocycles. The van der Waals surface area contributed by atoms with Crippen molar-refractivity contribution in [2.24, 2.45) is 5.73 Å². The molecule has 0 radical (unpaired) electrons. The Kier molecular flexibility index (Phi) is 5.64. The van der Waals surface area contributed by atoms with E-state index in [0.29, 0.717) is 16.7 Å². The first-order chi connectivity index (χ1) is 14.7. The van der Waals surface area contributed by atoms with Crippen molar-refractivity contribution in [3.8, 4) is 16.2 Å². The van der Waals surface area contributed by atoms with Crippen molar-refractivity contribution in [1.82, 2.24) is 4.57 Å². The Morgan fingerprint density at radius 1 is 1.28 bits per heavy atom. The Bertz CT molecular complexity index is 1290. The maximum atomic E-state index is 12.9. The van der Waals surface area contributed by atoms with Crippen LogP contribution in [0.4, 0.5) is 0 Å². The molecule has 0 aliphatic heterocycles. The van der Waals surface area contributed by atoms with Crippen molar-refractivity contribution in [3.05, 3.63) is 50.6 Å². The number of thiophene rings is 1. The molecular weight excluding hydrogens is 448 g/mol. The summed E-state index contributed by atoms with van der Waals surface area (Å²) in [5.41, 5.74) is 8.70. The van der Waals surface area contributed by atoms with Gasteiger partial charge in [0.25, 0.3) is 0 Å². The molecule has 2 aromatic heterocycles. The number of nitrogens with two attached hydrogens (primary N) is 1. The quantitative estimate of drug-likeness (QED) is 0.537. The van der Waals surface area contributed by atoms with Gasteiger partial charge in [0.2, 0.25) is 5.43 Å². The predicted molar refractivity (Wildman–Crippen MR) is 130 cm³/mol. The second-order valence-electron chi connectivity index (χ2n) is 9.28. The van der Waals surface area contributed by atoms with Crippen LogP contribution >= 0.6 is 23.7 Å². The van der Waals surface area contributed by atoms with E-state index >= 15 is 0 Å². The van der Waals surface area contributed by atoms with Crippen molar-refractivity contribution in [1.29, 1.82) is 0 Å². The van der Waals surface area contributed by atoms with Crippen molar-refractivity contribution in [3.63, 3.8) is 0 Å². The third-order valence-electron chi connectivity index (χ3n) is 6.69. The third kappa shape index (κ3) is 3.43. The molecule has 170 valence electrons. The van der Waals surface area contributed by atoms with E-state index in [1.54, 1.807) is 24.5 Å². The lowest BCUT2D eigenvalue weighted by Gasteiger charge is -2.32. The van der Waals surface area contributed by atoms with Crippen molar-refractivity contribution >= 4 is 40.6 Å². The van der Waals surface area contributed by atoms with Crippen molar-refractivity contribution < 1.29 is 14.6 Å². The summed E-state index contributed by atoms with van der Waals surface area (Å²) < 4.78 is 7.79. The van der Waals surface area contributed by atoms with Crippen molar-refractivity contribution in [2.75, 3.05) is 7.11 Å². The largest absolute Gasteiger partial charge is 0.494 e. The van der Waals surface area contributed by atoms with Crippen LogP contribution in [-0.4, -0.2) is 22.8 Å². The number of carboxylic acid groups (broad SMARTS) is 1. The molecule has 0 saturated heterocycles. The van der Waals surface area contributed by atoms with Crippen LogP contribution in [-0.2, 0) is 5.41 Å². The minimum Gasteiger partial charge on any atom is -0.494 e. The van der Waals surface area contributed by atoms with E-state index < -0.39 is 11.4 Å². The van der Waals surface area contributed by atoms with Crippen LogP contribution in [0.25, 0.3) is 21.3 Å². The van der Waals surface area contributed by atoms with E-state index in [2.05, 4.69) is 19.9 Å². The van der Waals surface area contributed by atoms with Gasteiger partial charge in [-0.15, -0.1) is 23.7 Å². The van der Waals surface area contributed by atoms with Gasteiger partial charge < -0.3 is 20.1 Å². The Morgan fingerprint density at radius 2 is 2.00 bits per heavy atom. The number of benzene rings is 1. The number of carbonyl (C=O) groups is 1. The van der Waals surface area contributed by atoms with Crippen LogP contribution in [0.5, 0.6) is 5.75 Å². The number of ether oxygens (including phenoxy) is 1. The maximum absolute atomic E-state index is 12.9. The fraction of sp³-hybridized carbons (Fsp3) is 0.417. The van der Waals surface area contributed by atoms with Gasteiger partial charge in [-0.3, -0.25) is 4.79 Å². The zero-order valence-electron chi connectivity index (χ0n) is 18.3. The monoisotopic (exact) mass is 474 g/mol. The number of methoxy groups -OCH3 is 1. The van der Waals surface area contributed by atoms with Crippen LogP contribution in [0.2, 0.25) is 0 Å². The van der Waals surface area contributed by atoms with Gasteiger partial charge in [0.1, 0.15) is 5.56 Å². The number of hydrogen-bond acceptors (Lipinski definition) is 5. The van der Waals surface area contributed by atoms with Gasteiger partial charge in [-0.05, 0) is 54.9 Å². The number of nitrogens with zero attached hydrogens (tertiary/aromatic N) is 1. The lowest BCUT2D eigenvalue weighted by atomic mass is 9.74. The molecule has 1 aromatic carbocycles. The average Bonchev–Trinajstić information content (AvgIpc) is 3.47. The molecule has 2 aliphatic rings. The van der Waals surface area contributed by atoms with Gasteiger partial charge in [-0.2, -0.15) is 0 Å². The highest BCUT2D eigenvalue weighted by atomic mass is 35.5. The summed E-state index contributed by atoms with van der Waals surface area (Å²) in [5.74, 6) is -0.588. The van der Waals surface area contributed by atoms with Gasteiger partial charge in [-0.25, -0.2) is 4.79 Å². The Labute approximate surface area is 196 Å². The summed E-state index contributed by atoms with van der Waals surface area (Å²) in [4.78, 5) is 26.8. The number of rotatable bonds is 4. The molecule has 5 rings (SSSR count). The molecule has 0 amide bonds. The van der Waals surface area contributed by atoms with Gasteiger partial charge >= 0.3 is 5.97 Å². The number of aromatic carboxylic acids is 1. The Hall–Kier alpha value is -2.35. The van der Waals surface area contributed by atoms with Crippen LogP contribution in [0.15, 0.2) is 29.2 Å². The van der Waals surface area contributed by atoms with Crippen LogP contribution in [0, 0.1) is 0 Å². The standard InChI is InChI=1S/C24H26N2O4S.ClH/c1-24(2)9-8-17(25)22-16(24)10-18(31-22)13-6-7-14-19(21(13)30-3)26(12-4-5-12)11-15(20(14)27)23(28)29;/h6-7,10-12,17H,4-5,8-9,25H2,1-3H3,(H,28,29);1H. The van der Waals surface area contributed by atoms with E-state index in [4.69, 9.17) is 10.5 Å². The molecule has 3 aromatic rings. The molecule has 0 spiro atoms. The average molecular weight is 475 g/mol. The minimum absolute atomic E-state index is 0. The van der Waals surface area contributed by atoms with E-state index in [-0.39, 0.29) is 35.5 Å². The lowest BCUT2D eigenvalue weighted by molar-refractivity contribution is 0.0695. The number of pyridine rings is 1. The summed E-state index contributed by atoms with van der Waals surface area (Å²) in [5, 5.41) is 9.90. The molecule has 32 heavy (non-hydrogen) atoms. The first-order valence-electron chi connectivity index (χ1n) is 10.6. The first-order valence-corrected chi connectivity index (χ1v) is 11.4. The summed E-state index contributed by atoms with van der Waals surface area (Å²) >= 11 is 1.69. The molecule has 1 unspecified atom stereocenters. The number of aromatic nitrogens is 1. The lowest BCUT2D eigenvalue weighted by Crippen LogP contribution is -2.27. The third-order valence-corrected chi connectivity index (χ3v) is 7.99. The van der Waals surface area contributed by atoms with Crippen LogP contribution in [0.1, 0.15) is 72.4 Å². The predicted octanol–water partition coefficient (Wildman–Crippen LogP) is 5.26. The van der Waals surface area contributed by atoms with E-state index in [9.17, 15) is 14.7 Å². The highest BCUT2D eigenvalue weighted by Gasteiger charge is 2.34. The second kappa shape index (κ2) is 7.90. The highest BCUT2D eigenvalue weighted by Crippen LogP contribution is 2.50. The zero-order valence-corrected chi connectivity index (χ0v) is 19.9. The Morgan fingerprint density at radius 3 is 2.59 bits per heavy atom. The zero-order chi connectivity index (χ0) is 22.1. The molecule has 3 N–H and O–H groups in total. The molecule has 2 heterocycles. The summed E-state index contributed by atoms with van der Waals surface area (Å²) in [6, 6.07) is 6.06. The molecule has 8 heteroatoms. The smallest absolute Gasteiger partial charge is 0.341 e. The molecule has 1 fully saturated rings.